The van der Waals surface area contributed by atoms with Gasteiger partial charge in [0.1, 0.15) is 0 Å². The fourth-order valence-electron chi connectivity index (χ4n) is 1.51. The summed E-state index contributed by atoms with van der Waals surface area (Å²) in [4.78, 5) is 19.8. The lowest BCUT2D eigenvalue weighted by Crippen LogP contribution is -2.14. The third-order valence-electron chi connectivity index (χ3n) is 2.27. The van der Waals surface area contributed by atoms with Gasteiger partial charge >= 0.3 is 0 Å². The van der Waals surface area contributed by atoms with E-state index in [4.69, 9.17) is 0 Å². The van der Waals surface area contributed by atoms with Crippen LogP contribution in [-0.2, 0) is 4.79 Å². The Morgan fingerprint density at radius 3 is 2.94 bits per heavy atom. The van der Waals surface area contributed by atoms with Crippen LogP contribution in [0.1, 0.15) is 26.0 Å². The molecule has 2 aromatic heterocycles. The summed E-state index contributed by atoms with van der Waals surface area (Å²) in [5, 5.41) is 6.84. The summed E-state index contributed by atoms with van der Waals surface area (Å²) in [6, 6.07) is 1.83. The highest BCUT2D eigenvalue weighted by molar-refractivity contribution is 5.89. The van der Waals surface area contributed by atoms with Gasteiger partial charge in [0, 0.05) is 18.3 Å². The van der Waals surface area contributed by atoms with E-state index in [0.717, 1.165) is 5.69 Å². The SMILES string of the molecule is Cc1ccnc2nc(NC(=O)CC(C)C)nn12. The quantitative estimate of drug-likeness (QED) is 0.870. The summed E-state index contributed by atoms with van der Waals surface area (Å²) < 4.78 is 1.60. The highest BCUT2D eigenvalue weighted by Gasteiger charge is 2.10. The van der Waals surface area contributed by atoms with Gasteiger partial charge in [-0.15, -0.1) is 5.10 Å². The van der Waals surface area contributed by atoms with Crippen molar-refractivity contribution in [2.24, 2.45) is 5.92 Å². The predicted molar refractivity (Wildman–Crippen MR) is 63.6 cm³/mol. The number of aryl methyl sites for hydroxylation is 1. The van der Waals surface area contributed by atoms with E-state index in [0.29, 0.717) is 24.1 Å². The van der Waals surface area contributed by atoms with Crippen LogP contribution in [-0.4, -0.2) is 25.5 Å². The number of anilines is 1. The molecule has 0 unspecified atom stereocenters. The van der Waals surface area contributed by atoms with Crippen molar-refractivity contribution in [1.29, 1.82) is 0 Å². The molecule has 0 bridgehead atoms. The number of fused-ring (bicyclic) bond motifs is 1. The van der Waals surface area contributed by atoms with Gasteiger partial charge in [-0.1, -0.05) is 13.8 Å². The molecule has 0 saturated carbocycles. The topological polar surface area (TPSA) is 72.2 Å². The van der Waals surface area contributed by atoms with Crippen molar-refractivity contribution < 1.29 is 4.79 Å². The van der Waals surface area contributed by atoms with E-state index in [9.17, 15) is 4.79 Å². The second-order valence-corrected chi connectivity index (χ2v) is 4.38. The zero-order valence-electron chi connectivity index (χ0n) is 10.1. The molecule has 6 nitrogen and oxygen atoms in total. The van der Waals surface area contributed by atoms with Crippen molar-refractivity contribution in [1.82, 2.24) is 19.6 Å². The van der Waals surface area contributed by atoms with E-state index >= 15 is 0 Å². The van der Waals surface area contributed by atoms with Gasteiger partial charge in [0.15, 0.2) is 0 Å². The van der Waals surface area contributed by atoms with E-state index in [1.165, 1.54) is 0 Å². The number of nitrogens with zero attached hydrogens (tertiary/aromatic N) is 4. The molecular weight excluding hydrogens is 218 g/mol. The first-order valence-corrected chi connectivity index (χ1v) is 5.54. The summed E-state index contributed by atoms with van der Waals surface area (Å²) in [6.07, 6.45) is 2.13. The zero-order valence-corrected chi connectivity index (χ0v) is 10.1. The number of hydrogen-bond acceptors (Lipinski definition) is 4. The third kappa shape index (κ3) is 2.58. The molecule has 90 valence electrons. The van der Waals surface area contributed by atoms with Crippen LogP contribution in [0.15, 0.2) is 12.3 Å². The van der Waals surface area contributed by atoms with Crippen LogP contribution in [0, 0.1) is 12.8 Å². The van der Waals surface area contributed by atoms with Crippen molar-refractivity contribution in [2.75, 3.05) is 5.32 Å². The van der Waals surface area contributed by atoms with E-state index in [-0.39, 0.29) is 5.91 Å². The molecule has 1 amide bonds. The summed E-state index contributed by atoms with van der Waals surface area (Å²) in [6.45, 7) is 5.88. The van der Waals surface area contributed by atoms with Gasteiger partial charge in [0.25, 0.3) is 11.7 Å². The standard InChI is InChI=1S/C11H15N5O/c1-7(2)6-9(17)13-10-14-11-12-5-4-8(3)16(11)15-10/h4-5,7H,6H2,1-3H3,(H,13,15,17). The Morgan fingerprint density at radius 2 is 2.29 bits per heavy atom. The Kier molecular flexibility index (Phi) is 3.03. The fourth-order valence-corrected chi connectivity index (χ4v) is 1.51. The van der Waals surface area contributed by atoms with Crippen molar-refractivity contribution in [3.63, 3.8) is 0 Å². The lowest BCUT2D eigenvalue weighted by Gasteiger charge is -2.02. The summed E-state index contributed by atoms with van der Waals surface area (Å²) >= 11 is 0. The molecule has 0 aromatic carbocycles. The molecule has 0 aliphatic carbocycles. The Labute approximate surface area is 99.1 Å². The van der Waals surface area contributed by atoms with Gasteiger partial charge in [0.05, 0.1) is 0 Å². The van der Waals surface area contributed by atoms with Crippen molar-refractivity contribution in [3.05, 3.63) is 18.0 Å². The zero-order chi connectivity index (χ0) is 12.4. The average Bonchev–Trinajstić information content (AvgIpc) is 2.60. The second-order valence-electron chi connectivity index (χ2n) is 4.38. The molecule has 0 aliphatic rings. The minimum Gasteiger partial charge on any atom is -0.293 e. The first-order chi connectivity index (χ1) is 8.06. The first-order valence-electron chi connectivity index (χ1n) is 5.54. The number of amides is 1. The molecule has 0 radical (unpaired) electrons. The van der Waals surface area contributed by atoms with Crippen LogP contribution >= 0.6 is 0 Å². The Balaban J connectivity index is 2.20. The van der Waals surface area contributed by atoms with E-state index in [1.807, 2.05) is 26.8 Å². The number of rotatable bonds is 3. The Bertz CT molecular complexity index is 546. The predicted octanol–water partition coefficient (Wildman–Crippen LogP) is 1.42. The van der Waals surface area contributed by atoms with Crippen LogP contribution in [0.4, 0.5) is 5.95 Å². The lowest BCUT2D eigenvalue weighted by molar-refractivity contribution is -0.116. The molecule has 1 N–H and O–H groups in total. The number of carbonyl (C=O) groups excluding carboxylic acids is 1. The summed E-state index contributed by atoms with van der Waals surface area (Å²) in [5.74, 6) is 1.03. The molecule has 6 heteroatoms. The molecule has 0 fully saturated rings. The minimum atomic E-state index is -0.0754. The maximum absolute atomic E-state index is 11.6. The monoisotopic (exact) mass is 233 g/mol. The molecule has 2 heterocycles. The van der Waals surface area contributed by atoms with E-state index in [1.54, 1.807) is 10.7 Å². The summed E-state index contributed by atoms with van der Waals surface area (Å²) in [5.41, 5.74) is 0.923. The van der Waals surface area contributed by atoms with Crippen molar-refractivity contribution >= 4 is 17.6 Å². The molecule has 0 aliphatic heterocycles. The Hall–Kier alpha value is -1.98. The van der Waals surface area contributed by atoms with Gasteiger partial charge < -0.3 is 0 Å². The van der Waals surface area contributed by atoms with E-state index < -0.39 is 0 Å². The number of hydrogen-bond donors (Lipinski definition) is 1. The maximum atomic E-state index is 11.6. The molecular formula is C11H15N5O. The van der Waals surface area contributed by atoms with Gasteiger partial charge in [-0.2, -0.15) is 9.50 Å². The molecule has 17 heavy (non-hydrogen) atoms. The van der Waals surface area contributed by atoms with Gasteiger partial charge in [-0.3, -0.25) is 10.1 Å². The maximum Gasteiger partial charge on any atom is 0.254 e. The molecule has 0 spiro atoms. The number of carbonyl (C=O) groups is 1. The molecule has 0 saturated heterocycles. The average molecular weight is 233 g/mol. The third-order valence-corrected chi connectivity index (χ3v) is 2.27. The second kappa shape index (κ2) is 4.48. The van der Waals surface area contributed by atoms with Crippen LogP contribution < -0.4 is 5.32 Å². The van der Waals surface area contributed by atoms with Gasteiger partial charge in [-0.05, 0) is 18.9 Å². The van der Waals surface area contributed by atoms with E-state index in [2.05, 4.69) is 20.4 Å². The normalized spacial score (nSPS) is 11.1. The molecule has 2 rings (SSSR count). The fraction of sp³-hybridized carbons (Fsp3) is 0.455. The highest BCUT2D eigenvalue weighted by Crippen LogP contribution is 2.07. The van der Waals surface area contributed by atoms with Crippen LogP contribution in [0.5, 0.6) is 0 Å². The van der Waals surface area contributed by atoms with Gasteiger partial charge in [-0.25, -0.2) is 4.98 Å². The highest BCUT2D eigenvalue weighted by atomic mass is 16.1. The first kappa shape index (κ1) is 11.5. The van der Waals surface area contributed by atoms with Crippen LogP contribution in [0.2, 0.25) is 0 Å². The van der Waals surface area contributed by atoms with Crippen molar-refractivity contribution in [3.8, 4) is 0 Å². The molecule has 0 atom stereocenters. The molecule has 2 aromatic rings. The van der Waals surface area contributed by atoms with Crippen LogP contribution in [0.25, 0.3) is 5.78 Å². The largest absolute Gasteiger partial charge is 0.293 e. The number of nitrogens with one attached hydrogen (secondary N) is 1. The van der Waals surface area contributed by atoms with Crippen LogP contribution in [0.3, 0.4) is 0 Å². The smallest absolute Gasteiger partial charge is 0.254 e. The Morgan fingerprint density at radius 1 is 1.53 bits per heavy atom. The number of aromatic nitrogens is 4. The minimum absolute atomic E-state index is 0.0754. The summed E-state index contributed by atoms with van der Waals surface area (Å²) in [7, 11) is 0. The van der Waals surface area contributed by atoms with Gasteiger partial charge in [0.2, 0.25) is 5.91 Å². The lowest BCUT2D eigenvalue weighted by atomic mass is 10.1. The van der Waals surface area contributed by atoms with Crippen molar-refractivity contribution in [2.45, 2.75) is 27.2 Å².